The Morgan fingerprint density at radius 1 is 0.583 bits per heavy atom. The van der Waals surface area contributed by atoms with Crippen molar-refractivity contribution in [3.63, 3.8) is 0 Å². The van der Waals surface area contributed by atoms with Gasteiger partial charge in [-0.1, -0.05) is 197 Å². The Hall–Kier alpha value is -1.80. The van der Waals surface area contributed by atoms with Crippen molar-refractivity contribution in [3.8, 4) is 0 Å². The summed E-state index contributed by atoms with van der Waals surface area (Å²) in [4.78, 5) is 25.4. The molecule has 3 atom stereocenters. The molecule has 0 saturated heterocycles. The lowest BCUT2D eigenvalue weighted by Crippen LogP contribution is -2.45. The highest BCUT2D eigenvalue weighted by atomic mass is 31.2. The van der Waals surface area contributed by atoms with E-state index >= 15 is 0 Å². The molecule has 0 radical (unpaired) electrons. The molecule has 0 heterocycles. The third kappa shape index (κ3) is 44.3. The first-order chi connectivity index (χ1) is 29.0. The third-order valence-electron chi connectivity index (χ3n) is 10.7. The summed E-state index contributed by atoms with van der Waals surface area (Å²) in [5, 5.41) is 13.8. The van der Waals surface area contributed by atoms with Gasteiger partial charge in [-0.2, -0.15) is 0 Å². The number of unbranched alkanes of at least 4 members (excludes halogenated alkanes) is 23. The lowest BCUT2D eigenvalue weighted by molar-refractivity contribution is -0.870. The molecule has 0 rings (SSSR count). The van der Waals surface area contributed by atoms with Gasteiger partial charge in [0.15, 0.2) is 0 Å². The molecule has 0 spiro atoms. The predicted molar refractivity (Wildman–Crippen MR) is 256 cm³/mol. The van der Waals surface area contributed by atoms with Gasteiger partial charge in [0, 0.05) is 6.42 Å². The molecule has 8 nitrogen and oxygen atoms in total. The normalized spacial score (nSPS) is 14.7. The van der Waals surface area contributed by atoms with Crippen LogP contribution < -0.4 is 10.2 Å². The number of phosphoric acid groups is 1. The van der Waals surface area contributed by atoms with Gasteiger partial charge in [0.2, 0.25) is 5.91 Å². The van der Waals surface area contributed by atoms with Crippen LogP contribution in [0.25, 0.3) is 0 Å². The largest absolute Gasteiger partial charge is 0.756 e. The minimum absolute atomic E-state index is 0.00448. The number of amides is 1. The number of carbonyl (C=O) groups excluding carboxylic acids is 1. The summed E-state index contributed by atoms with van der Waals surface area (Å²) >= 11 is 0. The van der Waals surface area contributed by atoms with Crippen LogP contribution >= 0.6 is 7.82 Å². The quantitative estimate of drug-likeness (QED) is 0.0273. The third-order valence-corrected chi connectivity index (χ3v) is 11.7. The van der Waals surface area contributed by atoms with E-state index in [1.54, 1.807) is 6.08 Å². The van der Waals surface area contributed by atoms with Gasteiger partial charge in [-0.05, 0) is 64.2 Å². The molecule has 0 aliphatic rings. The van der Waals surface area contributed by atoms with Gasteiger partial charge in [0.25, 0.3) is 7.82 Å². The van der Waals surface area contributed by atoms with Crippen LogP contribution in [-0.2, 0) is 18.4 Å². The topological polar surface area (TPSA) is 108 Å². The number of allylic oxidation sites excluding steroid dienone is 9. The molecule has 0 aromatic heterocycles. The Morgan fingerprint density at radius 2 is 0.967 bits per heavy atom. The summed E-state index contributed by atoms with van der Waals surface area (Å²) < 4.78 is 23.2. The van der Waals surface area contributed by atoms with Crippen molar-refractivity contribution in [1.29, 1.82) is 0 Å². The van der Waals surface area contributed by atoms with Crippen molar-refractivity contribution in [3.05, 3.63) is 60.8 Å². The Labute approximate surface area is 371 Å². The second-order valence-electron chi connectivity index (χ2n) is 17.8. The van der Waals surface area contributed by atoms with E-state index in [4.69, 9.17) is 9.05 Å². The zero-order valence-electron chi connectivity index (χ0n) is 39.6. The highest BCUT2D eigenvalue weighted by molar-refractivity contribution is 7.45. The molecule has 60 heavy (non-hydrogen) atoms. The fraction of sp³-hybridized carbons (Fsp3) is 0.784. The zero-order valence-corrected chi connectivity index (χ0v) is 40.5. The predicted octanol–water partition coefficient (Wildman–Crippen LogP) is 13.6. The van der Waals surface area contributed by atoms with Crippen LogP contribution in [-0.4, -0.2) is 68.5 Å². The van der Waals surface area contributed by atoms with Crippen molar-refractivity contribution in [1.82, 2.24) is 5.32 Å². The summed E-state index contributed by atoms with van der Waals surface area (Å²) in [5.74, 6) is -0.206. The molecule has 2 N–H and O–H groups in total. The van der Waals surface area contributed by atoms with E-state index in [0.717, 1.165) is 64.2 Å². The summed E-state index contributed by atoms with van der Waals surface area (Å²) in [6.07, 6.45) is 55.5. The SMILES string of the molecule is CCCCC/C=C\C/C=C\C/C=C\C/C=C\CCCCCCCCCCCC(=O)NC(COP(=O)([O-])OCC[N+](C)(C)C)C(O)/C=C/CCCCCCCCCCCCC. The van der Waals surface area contributed by atoms with Crippen molar-refractivity contribution in [2.24, 2.45) is 0 Å². The number of rotatable bonds is 44. The molecule has 0 aliphatic carbocycles. The first kappa shape index (κ1) is 58.2. The fourth-order valence-corrected chi connectivity index (χ4v) is 7.51. The number of quaternary nitrogens is 1. The first-order valence-corrected chi connectivity index (χ1v) is 26.1. The number of likely N-dealkylation sites (N-methyl/N-ethyl adjacent to an activating group) is 1. The molecular weight excluding hydrogens is 768 g/mol. The van der Waals surface area contributed by atoms with E-state index in [9.17, 15) is 19.4 Å². The first-order valence-electron chi connectivity index (χ1n) is 24.7. The molecule has 0 aliphatic heterocycles. The number of hydrogen-bond acceptors (Lipinski definition) is 6. The van der Waals surface area contributed by atoms with Gasteiger partial charge in [0.1, 0.15) is 13.2 Å². The van der Waals surface area contributed by atoms with E-state index in [0.29, 0.717) is 17.4 Å². The lowest BCUT2D eigenvalue weighted by atomic mass is 10.0. The molecule has 3 unspecified atom stereocenters. The van der Waals surface area contributed by atoms with Crippen LogP contribution in [0, 0.1) is 0 Å². The Kier molecular flexibility index (Phi) is 41.2. The Balaban J connectivity index is 4.29. The summed E-state index contributed by atoms with van der Waals surface area (Å²) in [5.41, 5.74) is 0. The van der Waals surface area contributed by atoms with Crippen molar-refractivity contribution >= 4 is 13.7 Å². The van der Waals surface area contributed by atoms with Crippen LogP contribution in [0.4, 0.5) is 0 Å². The van der Waals surface area contributed by atoms with Crippen LogP contribution in [0.15, 0.2) is 60.8 Å². The van der Waals surface area contributed by atoms with Crippen LogP contribution in [0.3, 0.4) is 0 Å². The number of aliphatic hydroxyl groups is 1. The fourth-order valence-electron chi connectivity index (χ4n) is 6.78. The number of carbonyl (C=O) groups is 1. The Morgan fingerprint density at radius 3 is 1.43 bits per heavy atom. The van der Waals surface area contributed by atoms with Crippen molar-refractivity contribution < 1.29 is 32.9 Å². The molecule has 1 amide bonds. The number of hydrogen-bond donors (Lipinski definition) is 2. The Bertz CT molecular complexity index is 1160. The van der Waals surface area contributed by atoms with Crippen LogP contribution in [0.2, 0.25) is 0 Å². The molecule has 0 saturated carbocycles. The summed E-state index contributed by atoms with van der Waals surface area (Å²) in [7, 11) is 1.25. The number of nitrogens with one attached hydrogen (secondary N) is 1. The average molecular weight is 863 g/mol. The van der Waals surface area contributed by atoms with Crippen molar-refractivity contribution in [2.75, 3.05) is 40.9 Å². The smallest absolute Gasteiger partial charge is 0.268 e. The molecule has 9 heteroatoms. The molecule has 0 aromatic rings. The maximum atomic E-state index is 12.9. The zero-order chi connectivity index (χ0) is 44.3. The second kappa shape index (κ2) is 42.5. The van der Waals surface area contributed by atoms with Gasteiger partial charge in [0.05, 0.1) is 39.9 Å². The molecule has 0 fully saturated rings. The van der Waals surface area contributed by atoms with Crippen LogP contribution in [0.5, 0.6) is 0 Å². The number of phosphoric ester groups is 1. The van der Waals surface area contributed by atoms with Gasteiger partial charge >= 0.3 is 0 Å². The van der Waals surface area contributed by atoms with E-state index in [2.05, 4.69) is 67.8 Å². The monoisotopic (exact) mass is 863 g/mol. The summed E-state index contributed by atoms with van der Waals surface area (Å²) in [6.45, 7) is 4.60. The van der Waals surface area contributed by atoms with Gasteiger partial charge in [-0.15, -0.1) is 0 Å². The maximum Gasteiger partial charge on any atom is 0.268 e. The average Bonchev–Trinajstić information content (AvgIpc) is 3.20. The van der Waals surface area contributed by atoms with E-state index in [1.165, 1.54) is 122 Å². The highest BCUT2D eigenvalue weighted by Gasteiger charge is 2.23. The van der Waals surface area contributed by atoms with Gasteiger partial charge < -0.3 is 28.8 Å². The van der Waals surface area contributed by atoms with Gasteiger partial charge in [-0.3, -0.25) is 9.36 Å². The van der Waals surface area contributed by atoms with E-state index in [-0.39, 0.29) is 19.1 Å². The molecule has 0 bridgehead atoms. The minimum atomic E-state index is -4.59. The molecule has 0 aromatic carbocycles. The molecule has 350 valence electrons. The standard InChI is InChI=1S/C51H95N2O6P/c1-6-8-10-12-14-16-18-20-21-22-23-24-25-26-27-28-29-30-31-33-35-37-39-41-43-45-51(55)52-49(48-59-60(56,57)58-47-46-53(3,4)5)50(54)44-42-40-38-36-34-32-19-17-15-13-11-9-7-2/h14,16,20-21,23-24,26-27,42,44,49-50,54H,6-13,15,17-19,22,25,28-41,43,45-48H2,1-5H3,(H-,52,55,56,57)/b16-14-,21-20-,24-23-,27-26-,44-42+. The van der Waals surface area contributed by atoms with E-state index < -0.39 is 20.0 Å². The minimum Gasteiger partial charge on any atom is -0.756 e. The van der Waals surface area contributed by atoms with Crippen LogP contribution in [0.1, 0.15) is 206 Å². The second-order valence-corrected chi connectivity index (χ2v) is 19.2. The van der Waals surface area contributed by atoms with E-state index in [1.807, 2.05) is 27.2 Å². The number of aliphatic hydroxyl groups excluding tert-OH is 1. The van der Waals surface area contributed by atoms with Gasteiger partial charge in [-0.25, -0.2) is 0 Å². The lowest BCUT2D eigenvalue weighted by Gasteiger charge is -2.29. The number of nitrogens with zero attached hydrogens (tertiary/aromatic N) is 1. The highest BCUT2D eigenvalue weighted by Crippen LogP contribution is 2.38. The molecular formula is C51H95N2O6P. The summed E-state index contributed by atoms with van der Waals surface area (Å²) in [6, 6.07) is -0.891. The maximum absolute atomic E-state index is 12.9. The van der Waals surface area contributed by atoms with Crippen molar-refractivity contribution in [2.45, 2.75) is 219 Å².